The lowest BCUT2D eigenvalue weighted by Gasteiger charge is -2.31. The van der Waals surface area contributed by atoms with E-state index in [0.29, 0.717) is 13.1 Å². The molecule has 4 rings (SSSR count). The predicted molar refractivity (Wildman–Crippen MR) is 108 cm³/mol. The van der Waals surface area contributed by atoms with E-state index >= 15 is 0 Å². The smallest absolute Gasteiger partial charge is 0.225 e. The maximum absolute atomic E-state index is 12.6. The molecular weight excluding hydrogens is 412 g/mol. The number of hydrogen-bond acceptors (Lipinski definition) is 5. The van der Waals surface area contributed by atoms with Crippen molar-refractivity contribution in [3.05, 3.63) is 52.6 Å². The Kier molecular flexibility index (Phi) is 5.17. The molecule has 1 N–H and O–H groups in total. The van der Waals surface area contributed by atoms with Gasteiger partial charge in [0.2, 0.25) is 5.91 Å². The third kappa shape index (κ3) is 3.88. The van der Waals surface area contributed by atoms with Crippen LogP contribution < -0.4 is 10.2 Å². The molecular formula is C19H19BrN4OS. The second-order valence-electron chi connectivity index (χ2n) is 6.46. The van der Waals surface area contributed by atoms with Gasteiger partial charge in [0.25, 0.3) is 0 Å². The van der Waals surface area contributed by atoms with E-state index in [1.54, 1.807) is 17.5 Å². The first-order valence-electron chi connectivity index (χ1n) is 8.68. The fraction of sp³-hybridized carbons (Fsp3) is 0.316. The van der Waals surface area contributed by atoms with Gasteiger partial charge in [-0.2, -0.15) is 0 Å². The highest BCUT2D eigenvalue weighted by atomic mass is 79.9. The molecule has 0 bridgehead atoms. The van der Waals surface area contributed by atoms with Crippen molar-refractivity contribution in [2.24, 2.45) is 5.92 Å². The second-order valence-corrected chi connectivity index (χ2v) is 8.33. The van der Waals surface area contributed by atoms with E-state index in [4.69, 9.17) is 0 Å². The number of benzene rings is 1. The summed E-state index contributed by atoms with van der Waals surface area (Å²) in [6, 6.07) is 11.9. The molecule has 1 saturated heterocycles. The predicted octanol–water partition coefficient (Wildman–Crippen LogP) is 3.99. The summed E-state index contributed by atoms with van der Waals surface area (Å²) in [4.78, 5) is 24.8. The Bertz CT molecular complexity index is 896. The number of nitrogens with one attached hydrogen (secondary N) is 1. The van der Waals surface area contributed by atoms with Crippen LogP contribution in [0.3, 0.4) is 0 Å². The van der Waals surface area contributed by atoms with E-state index in [1.165, 1.54) is 0 Å². The van der Waals surface area contributed by atoms with Crippen molar-refractivity contribution in [2.45, 2.75) is 19.4 Å². The molecule has 0 saturated carbocycles. The molecule has 7 heteroatoms. The third-order valence-electron chi connectivity index (χ3n) is 4.57. The van der Waals surface area contributed by atoms with Gasteiger partial charge in [-0.25, -0.2) is 9.97 Å². The molecule has 2 aromatic heterocycles. The van der Waals surface area contributed by atoms with Gasteiger partial charge in [0.15, 0.2) is 5.13 Å². The molecule has 5 nitrogen and oxygen atoms in total. The van der Waals surface area contributed by atoms with Crippen LogP contribution in [0, 0.1) is 5.92 Å². The number of thiazole rings is 1. The number of anilines is 1. The third-order valence-corrected chi connectivity index (χ3v) is 6.11. The summed E-state index contributed by atoms with van der Waals surface area (Å²) in [6.45, 7) is 2.21. The molecule has 134 valence electrons. The first kappa shape index (κ1) is 17.4. The van der Waals surface area contributed by atoms with Crippen molar-refractivity contribution in [1.29, 1.82) is 0 Å². The first-order valence-corrected chi connectivity index (χ1v) is 10.3. The number of carbonyl (C=O) groups is 1. The zero-order valence-corrected chi connectivity index (χ0v) is 16.6. The maximum Gasteiger partial charge on any atom is 0.225 e. The van der Waals surface area contributed by atoms with Crippen molar-refractivity contribution in [3.8, 4) is 0 Å². The molecule has 1 atom stereocenters. The number of pyridine rings is 1. The van der Waals surface area contributed by atoms with Crippen LogP contribution >= 0.6 is 27.3 Å². The molecule has 3 heterocycles. The molecule has 0 radical (unpaired) electrons. The lowest BCUT2D eigenvalue weighted by Crippen LogP contribution is -2.42. The van der Waals surface area contributed by atoms with Gasteiger partial charge in [-0.05, 0) is 42.7 Å². The van der Waals surface area contributed by atoms with E-state index in [2.05, 4.69) is 36.1 Å². The van der Waals surface area contributed by atoms with E-state index < -0.39 is 0 Å². The summed E-state index contributed by atoms with van der Waals surface area (Å²) in [6.07, 6.45) is 3.71. The van der Waals surface area contributed by atoms with Crippen LogP contribution in [0.1, 0.15) is 18.4 Å². The Balaban J connectivity index is 1.40. The highest BCUT2D eigenvalue weighted by Crippen LogP contribution is 2.30. The number of carbonyl (C=O) groups excluding carboxylic acids is 1. The summed E-state index contributed by atoms with van der Waals surface area (Å²) in [5.41, 5.74) is 2.02. The standard InChI is InChI=1S/C19H19BrN4OS/c20-15-6-1-4-13(10-15)11-22-17(25)14-5-3-9-24(12-14)19-23-16-7-2-8-21-18(16)26-19/h1-2,4,6-8,10,14H,3,5,9,11-12H2,(H,22,25)/t14-/m0/s1. The summed E-state index contributed by atoms with van der Waals surface area (Å²) in [7, 11) is 0. The van der Waals surface area contributed by atoms with Gasteiger partial charge >= 0.3 is 0 Å². The van der Waals surface area contributed by atoms with Crippen molar-refractivity contribution >= 4 is 48.7 Å². The molecule has 1 fully saturated rings. The molecule has 0 aliphatic carbocycles. The van der Waals surface area contributed by atoms with Gasteiger partial charge in [0.05, 0.1) is 5.92 Å². The van der Waals surface area contributed by atoms with Gasteiger partial charge in [-0.15, -0.1) is 0 Å². The summed E-state index contributed by atoms with van der Waals surface area (Å²) in [5, 5.41) is 4.04. The number of rotatable bonds is 4. The number of amides is 1. The summed E-state index contributed by atoms with van der Waals surface area (Å²) < 4.78 is 1.03. The average Bonchev–Trinajstić information content (AvgIpc) is 3.10. The number of piperidine rings is 1. The molecule has 26 heavy (non-hydrogen) atoms. The number of hydrogen-bond donors (Lipinski definition) is 1. The molecule has 1 aliphatic heterocycles. The van der Waals surface area contributed by atoms with Crippen molar-refractivity contribution in [1.82, 2.24) is 15.3 Å². The van der Waals surface area contributed by atoms with E-state index in [-0.39, 0.29) is 11.8 Å². The molecule has 1 aliphatic rings. The van der Waals surface area contributed by atoms with E-state index in [0.717, 1.165) is 44.9 Å². The minimum Gasteiger partial charge on any atom is -0.352 e. The maximum atomic E-state index is 12.6. The zero-order valence-electron chi connectivity index (χ0n) is 14.2. The minimum absolute atomic E-state index is 0.00382. The number of halogens is 1. The number of aromatic nitrogens is 2. The Hall–Kier alpha value is -1.99. The van der Waals surface area contributed by atoms with Crippen molar-refractivity contribution in [3.63, 3.8) is 0 Å². The minimum atomic E-state index is -0.00382. The SMILES string of the molecule is O=C(NCc1cccc(Br)c1)[C@H]1CCCN(c2nc3cccnc3s2)C1. The van der Waals surface area contributed by atoms with Crippen LogP contribution in [0.2, 0.25) is 0 Å². The van der Waals surface area contributed by atoms with Gasteiger partial charge < -0.3 is 10.2 Å². The average molecular weight is 431 g/mol. The molecule has 1 amide bonds. The summed E-state index contributed by atoms with van der Waals surface area (Å²) in [5.74, 6) is 0.116. The number of fused-ring (bicyclic) bond motifs is 1. The van der Waals surface area contributed by atoms with Gasteiger partial charge in [-0.3, -0.25) is 4.79 Å². The highest BCUT2D eigenvalue weighted by Gasteiger charge is 2.27. The monoisotopic (exact) mass is 430 g/mol. The van der Waals surface area contributed by atoms with Crippen LogP contribution in [0.25, 0.3) is 10.3 Å². The topological polar surface area (TPSA) is 58.1 Å². The lowest BCUT2D eigenvalue weighted by atomic mass is 9.97. The summed E-state index contributed by atoms with van der Waals surface area (Å²) >= 11 is 5.06. The van der Waals surface area contributed by atoms with Crippen LogP contribution in [-0.2, 0) is 11.3 Å². The Labute approximate surface area is 164 Å². The van der Waals surface area contributed by atoms with Crippen molar-refractivity contribution < 1.29 is 4.79 Å². The molecule has 0 unspecified atom stereocenters. The largest absolute Gasteiger partial charge is 0.352 e. The quantitative estimate of drug-likeness (QED) is 0.679. The normalized spacial score (nSPS) is 17.4. The molecule has 0 spiro atoms. The van der Waals surface area contributed by atoms with E-state index in [9.17, 15) is 4.79 Å². The highest BCUT2D eigenvalue weighted by molar-refractivity contribution is 9.10. The Morgan fingerprint density at radius 2 is 2.27 bits per heavy atom. The molecule has 3 aromatic rings. The lowest BCUT2D eigenvalue weighted by molar-refractivity contribution is -0.125. The van der Waals surface area contributed by atoms with Crippen LogP contribution in [0.4, 0.5) is 5.13 Å². The second kappa shape index (κ2) is 7.72. The van der Waals surface area contributed by atoms with Crippen LogP contribution in [-0.4, -0.2) is 29.0 Å². The van der Waals surface area contributed by atoms with Gasteiger partial charge in [0.1, 0.15) is 10.3 Å². The Morgan fingerprint density at radius 3 is 3.12 bits per heavy atom. The zero-order chi connectivity index (χ0) is 17.9. The fourth-order valence-corrected chi connectivity index (χ4v) is 4.63. The molecule has 1 aromatic carbocycles. The first-order chi connectivity index (χ1) is 12.7. The van der Waals surface area contributed by atoms with Crippen LogP contribution in [0.5, 0.6) is 0 Å². The van der Waals surface area contributed by atoms with Crippen LogP contribution in [0.15, 0.2) is 47.1 Å². The van der Waals surface area contributed by atoms with Crippen molar-refractivity contribution in [2.75, 3.05) is 18.0 Å². The van der Waals surface area contributed by atoms with E-state index in [1.807, 2.05) is 36.4 Å². The van der Waals surface area contributed by atoms with Gasteiger partial charge in [0, 0.05) is 30.3 Å². The number of nitrogens with zero attached hydrogens (tertiary/aromatic N) is 3. The fourth-order valence-electron chi connectivity index (χ4n) is 3.24. The van der Waals surface area contributed by atoms with Gasteiger partial charge in [-0.1, -0.05) is 39.4 Å². The Morgan fingerprint density at radius 1 is 1.35 bits per heavy atom.